The van der Waals surface area contributed by atoms with Gasteiger partial charge >= 0.3 is 0 Å². The van der Waals surface area contributed by atoms with Crippen LogP contribution in [0.15, 0.2) is 30.5 Å². The fourth-order valence-corrected chi connectivity index (χ4v) is 1.14. The highest BCUT2D eigenvalue weighted by Gasteiger charge is 1.94. The van der Waals surface area contributed by atoms with Crippen LogP contribution >= 0.6 is 0 Å². The summed E-state index contributed by atoms with van der Waals surface area (Å²) in [6.07, 6.45) is 1.68. The molecule has 1 aromatic carbocycles. The first-order chi connectivity index (χ1) is 5.90. The number of aromatic nitrogens is 1. The van der Waals surface area contributed by atoms with E-state index >= 15 is 0 Å². The second kappa shape index (κ2) is 2.91. The molecule has 2 aromatic rings. The van der Waals surface area contributed by atoms with Crippen molar-refractivity contribution in [3.8, 4) is 0 Å². The number of aliphatic hydroxyl groups is 1. The maximum absolute atomic E-state index is 8.85. The Morgan fingerprint density at radius 1 is 1.50 bits per heavy atom. The molecule has 12 heavy (non-hydrogen) atoms. The average Bonchev–Trinajstić information content (AvgIpc) is 2.17. The normalized spacial score (nSPS) is 10.4. The first kappa shape index (κ1) is 7.25. The van der Waals surface area contributed by atoms with E-state index in [4.69, 9.17) is 5.11 Å². The highest BCUT2D eigenvalue weighted by molar-refractivity contribution is 5.78. The van der Waals surface area contributed by atoms with Crippen LogP contribution in [0.5, 0.6) is 0 Å². The van der Waals surface area contributed by atoms with E-state index in [-0.39, 0.29) is 6.61 Å². The fraction of sp³-hybridized carbons (Fsp3) is 0.100. The molecule has 2 heteroatoms. The van der Waals surface area contributed by atoms with Gasteiger partial charge in [0.2, 0.25) is 0 Å². The third kappa shape index (κ3) is 1.17. The SMILES string of the molecule is OCc1cnc2c[c]ccc2c1. The third-order valence-corrected chi connectivity index (χ3v) is 1.77. The van der Waals surface area contributed by atoms with E-state index in [0.29, 0.717) is 0 Å². The molecule has 1 N–H and O–H groups in total. The molecule has 2 nitrogen and oxygen atoms in total. The molecule has 0 spiro atoms. The monoisotopic (exact) mass is 158 g/mol. The summed E-state index contributed by atoms with van der Waals surface area (Å²) < 4.78 is 0. The van der Waals surface area contributed by atoms with E-state index in [1.165, 1.54) is 0 Å². The number of nitrogens with zero attached hydrogens (tertiary/aromatic N) is 1. The fourth-order valence-electron chi connectivity index (χ4n) is 1.14. The van der Waals surface area contributed by atoms with Crippen molar-refractivity contribution in [2.75, 3.05) is 0 Å². The van der Waals surface area contributed by atoms with E-state index in [9.17, 15) is 0 Å². The second-order valence-corrected chi connectivity index (χ2v) is 2.62. The van der Waals surface area contributed by atoms with Gasteiger partial charge in [-0.3, -0.25) is 4.98 Å². The Kier molecular flexibility index (Phi) is 1.76. The summed E-state index contributed by atoms with van der Waals surface area (Å²) in [6, 6.07) is 10.5. The zero-order valence-corrected chi connectivity index (χ0v) is 6.49. The van der Waals surface area contributed by atoms with Crippen molar-refractivity contribution in [2.45, 2.75) is 6.61 Å². The summed E-state index contributed by atoms with van der Waals surface area (Å²) in [7, 11) is 0. The van der Waals surface area contributed by atoms with Crippen LogP contribution in [-0.2, 0) is 6.61 Å². The number of fused-ring (bicyclic) bond motifs is 1. The lowest BCUT2D eigenvalue weighted by atomic mass is 10.2. The first-order valence-electron chi connectivity index (χ1n) is 3.76. The van der Waals surface area contributed by atoms with E-state index < -0.39 is 0 Å². The minimum atomic E-state index is 0.0432. The van der Waals surface area contributed by atoms with Gasteiger partial charge in [0.25, 0.3) is 0 Å². The highest BCUT2D eigenvalue weighted by Crippen LogP contribution is 2.11. The molecule has 1 aromatic heterocycles. The molecule has 1 radical (unpaired) electrons. The summed E-state index contributed by atoms with van der Waals surface area (Å²) in [4.78, 5) is 4.16. The Labute approximate surface area is 70.5 Å². The van der Waals surface area contributed by atoms with Crippen molar-refractivity contribution in [1.82, 2.24) is 4.98 Å². The van der Waals surface area contributed by atoms with Crippen LogP contribution in [0.1, 0.15) is 5.56 Å². The van der Waals surface area contributed by atoms with E-state index in [1.54, 1.807) is 6.20 Å². The Hall–Kier alpha value is -1.41. The van der Waals surface area contributed by atoms with Gasteiger partial charge in [-0.15, -0.1) is 0 Å². The first-order valence-corrected chi connectivity index (χ1v) is 3.76. The lowest BCUT2D eigenvalue weighted by Gasteiger charge is -1.98. The van der Waals surface area contributed by atoms with Crippen LogP contribution in [-0.4, -0.2) is 10.1 Å². The van der Waals surface area contributed by atoms with Crippen molar-refractivity contribution in [3.05, 3.63) is 42.1 Å². The van der Waals surface area contributed by atoms with Gasteiger partial charge < -0.3 is 5.11 Å². The van der Waals surface area contributed by atoms with Gasteiger partial charge in [0.05, 0.1) is 12.1 Å². The standard InChI is InChI=1S/C10H8NO/c12-7-8-5-9-3-1-2-4-10(9)11-6-8/h1,3-6,12H,7H2. The minimum absolute atomic E-state index is 0.0432. The van der Waals surface area contributed by atoms with E-state index in [2.05, 4.69) is 11.1 Å². The van der Waals surface area contributed by atoms with Gasteiger partial charge in [0.15, 0.2) is 0 Å². The Morgan fingerprint density at radius 3 is 3.25 bits per heavy atom. The van der Waals surface area contributed by atoms with Crippen LogP contribution < -0.4 is 0 Å². The zero-order valence-electron chi connectivity index (χ0n) is 6.49. The predicted octanol–water partition coefficient (Wildman–Crippen LogP) is 1.53. The van der Waals surface area contributed by atoms with Gasteiger partial charge in [-0.05, 0) is 23.8 Å². The van der Waals surface area contributed by atoms with Gasteiger partial charge in [0, 0.05) is 11.6 Å². The average molecular weight is 158 g/mol. The molecule has 0 bridgehead atoms. The lowest BCUT2D eigenvalue weighted by molar-refractivity contribution is 0.281. The number of hydrogen-bond donors (Lipinski definition) is 1. The molecule has 0 aliphatic heterocycles. The summed E-state index contributed by atoms with van der Waals surface area (Å²) in [5.41, 5.74) is 1.75. The number of pyridine rings is 1. The van der Waals surface area contributed by atoms with Crippen LogP contribution in [0.3, 0.4) is 0 Å². The van der Waals surface area contributed by atoms with Crippen molar-refractivity contribution >= 4 is 10.9 Å². The molecule has 0 saturated carbocycles. The van der Waals surface area contributed by atoms with Gasteiger partial charge in [-0.1, -0.05) is 12.1 Å². The molecule has 0 amide bonds. The number of aliphatic hydroxyl groups excluding tert-OH is 1. The van der Waals surface area contributed by atoms with Crippen molar-refractivity contribution in [2.24, 2.45) is 0 Å². The molecule has 0 saturated heterocycles. The molecule has 0 aliphatic carbocycles. The van der Waals surface area contributed by atoms with Crippen LogP contribution in [0.2, 0.25) is 0 Å². The quantitative estimate of drug-likeness (QED) is 0.682. The number of rotatable bonds is 1. The molecular weight excluding hydrogens is 150 g/mol. The Balaban J connectivity index is 2.67. The number of benzene rings is 1. The summed E-state index contributed by atoms with van der Waals surface area (Å²) in [6.45, 7) is 0.0432. The van der Waals surface area contributed by atoms with E-state index in [1.807, 2.05) is 24.3 Å². The van der Waals surface area contributed by atoms with Crippen LogP contribution in [0.4, 0.5) is 0 Å². The molecule has 0 fully saturated rings. The van der Waals surface area contributed by atoms with Crippen LogP contribution in [0, 0.1) is 6.07 Å². The molecule has 1 heterocycles. The molecule has 0 aliphatic rings. The number of hydrogen-bond acceptors (Lipinski definition) is 2. The molecule has 2 rings (SSSR count). The van der Waals surface area contributed by atoms with Crippen molar-refractivity contribution < 1.29 is 5.11 Å². The molecule has 0 unspecified atom stereocenters. The smallest absolute Gasteiger partial charge is 0.0708 e. The van der Waals surface area contributed by atoms with Gasteiger partial charge in [-0.25, -0.2) is 0 Å². The Morgan fingerprint density at radius 2 is 2.42 bits per heavy atom. The lowest BCUT2D eigenvalue weighted by Crippen LogP contribution is -1.85. The summed E-state index contributed by atoms with van der Waals surface area (Å²) >= 11 is 0. The Bertz CT molecular complexity index is 398. The summed E-state index contributed by atoms with van der Waals surface area (Å²) in [5.74, 6) is 0. The summed E-state index contributed by atoms with van der Waals surface area (Å²) in [5, 5.41) is 9.89. The van der Waals surface area contributed by atoms with Crippen LogP contribution in [0.25, 0.3) is 10.9 Å². The third-order valence-electron chi connectivity index (χ3n) is 1.77. The molecular formula is C10H8NO. The molecule has 59 valence electrons. The van der Waals surface area contributed by atoms with E-state index in [0.717, 1.165) is 16.5 Å². The van der Waals surface area contributed by atoms with Gasteiger partial charge in [-0.2, -0.15) is 0 Å². The predicted molar refractivity (Wildman–Crippen MR) is 46.5 cm³/mol. The maximum Gasteiger partial charge on any atom is 0.0708 e. The zero-order chi connectivity index (χ0) is 8.39. The van der Waals surface area contributed by atoms with Gasteiger partial charge in [0.1, 0.15) is 0 Å². The van der Waals surface area contributed by atoms with Crippen molar-refractivity contribution in [3.63, 3.8) is 0 Å². The minimum Gasteiger partial charge on any atom is -0.392 e. The second-order valence-electron chi connectivity index (χ2n) is 2.62. The highest BCUT2D eigenvalue weighted by atomic mass is 16.3. The van der Waals surface area contributed by atoms with Crippen molar-refractivity contribution in [1.29, 1.82) is 0 Å². The largest absolute Gasteiger partial charge is 0.392 e. The maximum atomic E-state index is 8.85. The topological polar surface area (TPSA) is 33.1 Å². The molecule has 0 atom stereocenters.